The van der Waals surface area contributed by atoms with Crippen molar-refractivity contribution in [3.63, 3.8) is 0 Å². The summed E-state index contributed by atoms with van der Waals surface area (Å²) in [5.74, 6) is 1.31. The summed E-state index contributed by atoms with van der Waals surface area (Å²) < 4.78 is 8.01. The molecule has 0 fully saturated rings. The first-order valence-electron chi connectivity index (χ1n) is 7.50. The lowest BCUT2D eigenvalue weighted by molar-refractivity contribution is 0.112. The van der Waals surface area contributed by atoms with E-state index in [2.05, 4.69) is 52.3 Å². The molecule has 10 nitrogen and oxygen atoms in total. The molecule has 0 radical (unpaired) electrons. The number of aromatic nitrogens is 8. The van der Waals surface area contributed by atoms with Gasteiger partial charge in [-0.25, -0.2) is 14.0 Å². The zero-order chi connectivity index (χ0) is 19.6. The maximum Gasteiger partial charge on any atom is 0.194 e. The summed E-state index contributed by atoms with van der Waals surface area (Å²) in [5.41, 5.74) is 0.517. The van der Waals surface area contributed by atoms with E-state index in [-0.39, 0.29) is 5.75 Å². The summed E-state index contributed by atoms with van der Waals surface area (Å²) >= 11 is 6.56. The van der Waals surface area contributed by atoms with Crippen LogP contribution in [0.4, 0.5) is 0 Å². The van der Waals surface area contributed by atoms with Crippen LogP contribution in [-0.4, -0.2) is 50.5 Å². The molecule has 4 heterocycles. The Morgan fingerprint density at radius 1 is 0.852 bits per heavy atom. The second-order valence-electron chi connectivity index (χ2n) is 5.35. The van der Waals surface area contributed by atoms with Crippen molar-refractivity contribution in [2.45, 2.75) is 0 Å². The Bertz CT molecular complexity index is 1060. The van der Waals surface area contributed by atoms with Crippen LogP contribution in [0.5, 0.6) is 5.75 Å². The van der Waals surface area contributed by atoms with E-state index in [1.165, 1.54) is 12.4 Å². The highest BCUT2D eigenvalue weighted by atomic mass is 79.9. The third-order valence-electron chi connectivity index (χ3n) is 3.49. The summed E-state index contributed by atoms with van der Waals surface area (Å²) in [7, 11) is 3.50. The Hall–Kier alpha value is -2.73. The molecule has 0 aliphatic heterocycles. The van der Waals surface area contributed by atoms with Crippen LogP contribution >= 0.6 is 31.9 Å². The second kappa shape index (κ2) is 7.88. The summed E-state index contributed by atoms with van der Waals surface area (Å²) in [6, 6.07) is 0. The highest BCUT2D eigenvalue weighted by Gasteiger charge is 2.11. The minimum absolute atomic E-state index is 0.109. The molecule has 0 aromatic carbocycles. The molecule has 1 N–H and O–H groups in total. The molecule has 4 aromatic heterocycles. The van der Waals surface area contributed by atoms with Gasteiger partial charge < -0.3 is 5.11 Å². The van der Waals surface area contributed by atoms with Gasteiger partial charge in [-0.15, -0.1) is 0 Å². The topological polar surface area (TPSA) is 109 Å². The molecular formula is C15H14Br2N8O2. The molecule has 0 spiro atoms. The molecule has 0 aliphatic carbocycles. The van der Waals surface area contributed by atoms with Gasteiger partial charge in [0.25, 0.3) is 0 Å². The Labute approximate surface area is 170 Å². The minimum atomic E-state index is 0.109. The van der Waals surface area contributed by atoms with Crippen molar-refractivity contribution < 1.29 is 9.90 Å². The van der Waals surface area contributed by atoms with Gasteiger partial charge in [0.15, 0.2) is 23.7 Å². The fourth-order valence-electron chi connectivity index (χ4n) is 2.33. The number of hydrogen-bond donors (Lipinski definition) is 1. The molecule has 12 heteroatoms. The Morgan fingerprint density at radius 2 is 1.37 bits per heavy atom. The van der Waals surface area contributed by atoms with Gasteiger partial charge in [0, 0.05) is 26.5 Å². The predicted molar refractivity (Wildman–Crippen MR) is 103 cm³/mol. The van der Waals surface area contributed by atoms with E-state index in [0.29, 0.717) is 17.2 Å². The SMILES string of the molecule is Cn1ncc(C=O)c1-n1cc(Br)cn1.Cn1ncc(O)c1-n1cc(Br)cn1. The van der Waals surface area contributed by atoms with E-state index >= 15 is 0 Å². The fourth-order valence-corrected chi connectivity index (χ4v) is 2.90. The van der Waals surface area contributed by atoms with E-state index in [9.17, 15) is 9.90 Å². The first-order valence-corrected chi connectivity index (χ1v) is 9.08. The van der Waals surface area contributed by atoms with Gasteiger partial charge in [-0.05, 0) is 31.9 Å². The van der Waals surface area contributed by atoms with Crippen LogP contribution in [0.15, 0.2) is 46.1 Å². The average molecular weight is 498 g/mol. The van der Waals surface area contributed by atoms with E-state index in [0.717, 1.165) is 15.2 Å². The summed E-state index contributed by atoms with van der Waals surface area (Å²) in [6.07, 6.45) is 10.5. The van der Waals surface area contributed by atoms with Crippen molar-refractivity contribution in [2.24, 2.45) is 14.1 Å². The van der Waals surface area contributed by atoms with Crippen molar-refractivity contribution in [1.82, 2.24) is 39.1 Å². The molecule has 27 heavy (non-hydrogen) atoms. The van der Waals surface area contributed by atoms with Crippen molar-refractivity contribution in [2.75, 3.05) is 0 Å². The fraction of sp³-hybridized carbons (Fsp3) is 0.133. The number of aldehydes is 1. The highest BCUT2D eigenvalue weighted by molar-refractivity contribution is 9.10. The summed E-state index contributed by atoms with van der Waals surface area (Å²) in [4.78, 5) is 10.7. The number of nitrogens with zero attached hydrogens (tertiary/aromatic N) is 8. The number of carbonyl (C=O) groups is 1. The van der Waals surface area contributed by atoms with E-state index in [1.807, 2.05) is 0 Å². The molecule has 0 atom stereocenters. The molecule has 0 amide bonds. The van der Waals surface area contributed by atoms with Gasteiger partial charge in [-0.2, -0.15) is 20.4 Å². The monoisotopic (exact) mass is 496 g/mol. The number of rotatable bonds is 3. The number of aryl methyl sites for hydroxylation is 2. The Kier molecular flexibility index (Phi) is 5.56. The van der Waals surface area contributed by atoms with Gasteiger partial charge in [-0.3, -0.25) is 9.48 Å². The van der Waals surface area contributed by atoms with Crippen molar-refractivity contribution in [1.29, 1.82) is 0 Å². The van der Waals surface area contributed by atoms with Gasteiger partial charge in [0.1, 0.15) is 0 Å². The lowest BCUT2D eigenvalue weighted by Gasteiger charge is -2.01. The first-order chi connectivity index (χ1) is 12.9. The van der Waals surface area contributed by atoms with Crippen LogP contribution in [0.1, 0.15) is 10.4 Å². The molecule has 0 unspecified atom stereocenters. The maximum absolute atomic E-state index is 10.7. The normalized spacial score (nSPS) is 10.5. The van der Waals surface area contributed by atoms with E-state index in [1.54, 1.807) is 57.6 Å². The molecule has 0 saturated carbocycles. The first kappa shape index (κ1) is 19.0. The second-order valence-corrected chi connectivity index (χ2v) is 7.18. The van der Waals surface area contributed by atoms with Crippen LogP contribution in [0.25, 0.3) is 11.6 Å². The number of carbonyl (C=O) groups excluding carboxylic acids is 1. The lowest BCUT2D eigenvalue weighted by Crippen LogP contribution is -2.05. The average Bonchev–Trinajstić information content (AvgIpc) is 3.38. The number of aromatic hydroxyl groups is 1. The maximum atomic E-state index is 10.7. The van der Waals surface area contributed by atoms with Gasteiger partial charge in [0.05, 0.1) is 39.3 Å². The summed E-state index contributed by atoms with van der Waals surface area (Å²) in [5, 5.41) is 25.4. The zero-order valence-electron chi connectivity index (χ0n) is 14.2. The van der Waals surface area contributed by atoms with Crippen LogP contribution in [0.2, 0.25) is 0 Å². The van der Waals surface area contributed by atoms with Gasteiger partial charge in [0.2, 0.25) is 0 Å². The van der Waals surface area contributed by atoms with E-state index in [4.69, 9.17) is 0 Å². The number of hydrogen-bond acceptors (Lipinski definition) is 6. The van der Waals surface area contributed by atoms with E-state index < -0.39 is 0 Å². The van der Waals surface area contributed by atoms with Crippen molar-refractivity contribution in [3.05, 3.63) is 51.7 Å². The third kappa shape index (κ3) is 4.01. The smallest absolute Gasteiger partial charge is 0.194 e. The van der Waals surface area contributed by atoms with Gasteiger partial charge in [-0.1, -0.05) is 0 Å². The molecule has 4 rings (SSSR count). The van der Waals surface area contributed by atoms with Crippen LogP contribution < -0.4 is 0 Å². The summed E-state index contributed by atoms with van der Waals surface area (Å²) in [6.45, 7) is 0. The third-order valence-corrected chi connectivity index (χ3v) is 4.31. The van der Waals surface area contributed by atoms with Gasteiger partial charge >= 0.3 is 0 Å². The molecule has 4 aromatic rings. The Balaban J connectivity index is 0.000000156. The standard InChI is InChI=1S/C8H7BrN4O.C7H7BrN4O/c1-12-8(6(5-14)2-10-12)13-4-7(9)3-11-13;1-11-7(6(13)3-9-11)12-4-5(8)2-10-12/h2-5H,1H3;2-4,13H,1H3. The highest BCUT2D eigenvalue weighted by Crippen LogP contribution is 2.20. The van der Waals surface area contributed by atoms with Crippen LogP contribution in [-0.2, 0) is 14.1 Å². The van der Waals surface area contributed by atoms with Crippen LogP contribution in [0, 0.1) is 0 Å². The van der Waals surface area contributed by atoms with Crippen molar-refractivity contribution >= 4 is 38.1 Å². The largest absolute Gasteiger partial charge is 0.503 e. The predicted octanol–water partition coefficient (Wildman–Crippen LogP) is 2.25. The molecule has 0 bridgehead atoms. The molecule has 140 valence electrons. The number of halogens is 2. The van der Waals surface area contributed by atoms with Crippen LogP contribution in [0.3, 0.4) is 0 Å². The zero-order valence-corrected chi connectivity index (χ0v) is 17.4. The minimum Gasteiger partial charge on any atom is -0.503 e. The Morgan fingerprint density at radius 3 is 1.81 bits per heavy atom. The molecule has 0 saturated heterocycles. The lowest BCUT2D eigenvalue weighted by atomic mass is 10.4. The molecular weight excluding hydrogens is 484 g/mol. The van der Waals surface area contributed by atoms with Crippen molar-refractivity contribution in [3.8, 4) is 17.4 Å². The molecule has 0 aliphatic rings. The quantitative estimate of drug-likeness (QED) is 0.435.